The maximum Gasteiger partial charge on any atom is 0.236 e. The fraction of sp³-hybridized carbons (Fsp3) is 0.417. The number of rotatable bonds is 4. The predicted molar refractivity (Wildman–Crippen MR) is 123 cm³/mol. The number of piperidine rings is 1. The normalized spacial score (nSPS) is 20.6. The molecule has 30 heavy (non-hydrogen) atoms. The van der Waals surface area contributed by atoms with Crippen molar-refractivity contribution in [2.24, 2.45) is 0 Å². The Labute approximate surface area is 181 Å². The van der Waals surface area contributed by atoms with E-state index in [2.05, 4.69) is 52.3 Å². The minimum atomic E-state index is 0.260. The van der Waals surface area contributed by atoms with Crippen molar-refractivity contribution in [3.8, 4) is 0 Å². The molecule has 1 atom stereocenters. The topological polar surface area (TPSA) is 39.7 Å². The number of thiazole rings is 1. The molecule has 2 saturated heterocycles. The number of fused-ring (bicyclic) bond motifs is 1. The number of piperazine rings is 1. The molecule has 1 amide bonds. The lowest BCUT2D eigenvalue weighted by atomic mass is 10.0. The van der Waals surface area contributed by atoms with Gasteiger partial charge in [0.05, 0.1) is 22.8 Å². The molecule has 6 heteroatoms. The number of benzene rings is 2. The van der Waals surface area contributed by atoms with Gasteiger partial charge in [-0.15, -0.1) is 11.3 Å². The molecular formula is C24H28N4OS. The molecule has 0 N–H and O–H groups in total. The molecule has 1 aromatic heterocycles. The van der Waals surface area contributed by atoms with Gasteiger partial charge in [-0.25, -0.2) is 4.98 Å². The van der Waals surface area contributed by atoms with Gasteiger partial charge in [-0.2, -0.15) is 0 Å². The summed E-state index contributed by atoms with van der Waals surface area (Å²) in [6.45, 7) is 4.89. The quantitative estimate of drug-likeness (QED) is 0.635. The molecule has 3 heterocycles. The fourth-order valence-electron chi connectivity index (χ4n) is 4.62. The summed E-state index contributed by atoms with van der Waals surface area (Å²) in [7, 11) is 0. The Kier molecular flexibility index (Phi) is 5.69. The van der Waals surface area contributed by atoms with Crippen molar-refractivity contribution in [2.75, 3.05) is 44.2 Å². The number of hydrogen-bond donors (Lipinski definition) is 0. The van der Waals surface area contributed by atoms with Crippen LogP contribution in [0.25, 0.3) is 10.2 Å². The third-order valence-corrected chi connectivity index (χ3v) is 7.44. The van der Waals surface area contributed by atoms with Gasteiger partial charge < -0.3 is 9.80 Å². The summed E-state index contributed by atoms with van der Waals surface area (Å²) in [4.78, 5) is 24.8. The molecule has 2 aliphatic rings. The SMILES string of the molecule is O=C(CN1CCCC[C@@H]1c1nc2ccccc2s1)N1CCN(c2ccccc2)CC1. The number of hydrogen-bond acceptors (Lipinski definition) is 5. The monoisotopic (exact) mass is 420 g/mol. The Morgan fingerprint density at radius 1 is 0.933 bits per heavy atom. The van der Waals surface area contributed by atoms with Crippen LogP contribution in [0.5, 0.6) is 0 Å². The van der Waals surface area contributed by atoms with Gasteiger partial charge in [0.15, 0.2) is 0 Å². The minimum absolute atomic E-state index is 0.260. The van der Waals surface area contributed by atoms with Gasteiger partial charge in [0.25, 0.3) is 0 Å². The van der Waals surface area contributed by atoms with Crippen LogP contribution in [0.4, 0.5) is 5.69 Å². The molecule has 0 radical (unpaired) electrons. The highest BCUT2D eigenvalue weighted by atomic mass is 32.1. The summed E-state index contributed by atoms with van der Waals surface area (Å²) < 4.78 is 1.24. The standard InChI is InChI=1S/C24H28N4OS/c29-23(27-16-14-26(15-17-27)19-8-2-1-3-9-19)18-28-13-7-6-11-21(28)24-25-20-10-4-5-12-22(20)30-24/h1-5,8-10,12,21H,6-7,11,13-18H2/t21-/m1/s1. The molecule has 5 nitrogen and oxygen atoms in total. The summed E-state index contributed by atoms with van der Waals surface area (Å²) in [5.41, 5.74) is 2.32. The van der Waals surface area contributed by atoms with E-state index in [1.807, 2.05) is 17.0 Å². The molecule has 0 unspecified atom stereocenters. The van der Waals surface area contributed by atoms with Crippen molar-refractivity contribution in [1.29, 1.82) is 0 Å². The van der Waals surface area contributed by atoms with Gasteiger partial charge in [0.2, 0.25) is 5.91 Å². The van der Waals surface area contributed by atoms with Crippen molar-refractivity contribution in [1.82, 2.24) is 14.8 Å². The van der Waals surface area contributed by atoms with Crippen LogP contribution in [0, 0.1) is 0 Å². The zero-order chi connectivity index (χ0) is 20.3. The minimum Gasteiger partial charge on any atom is -0.368 e. The number of nitrogens with zero attached hydrogens (tertiary/aromatic N) is 4. The van der Waals surface area contributed by atoms with Crippen LogP contribution in [-0.4, -0.2) is 60.0 Å². The molecule has 156 valence electrons. The van der Waals surface area contributed by atoms with Gasteiger partial charge in [-0.05, 0) is 43.7 Å². The van der Waals surface area contributed by atoms with Gasteiger partial charge in [-0.1, -0.05) is 36.8 Å². The first-order valence-electron chi connectivity index (χ1n) is 11.0. The lowest BCUT2D eigenvalue weighted by molar-refractivity contribution is -0.133. The molecule has 0 saturated carbocycles. The Hall–Kier alpha value is -2.44. The van der Waals surface area contributed by atoms with Crippen LogP contribution in [0.3, 0.4) is 0 Å². The molecule has 0 aliphatic carbocycles. The van der Waals surface area contributed by atoms with E-state index in [0.29, 0.717) is 6.54 Å². The second-order valence-corrected chi connectivity index (χ2v) is 9.27. The first-order valence-corrected chi connectivity index (χ1v) is 11.8. The highest BCUT2D eigenvalue weighted by molar-refractivity contribution is 7.18. The van der Waals surface area contributed by atoms with E-state index < -0.39 is 0 Å². The zero-order valence-electron chi connectivity index (χ0n) is 17.2. The van der Waals surface area contributed by atoms with Crippen LogP contribution in [0.15, 0.2) is 54.6 Å². The van der Waals surface area contributed by atoms with Crippen molar-refractivity contribution >= 4 is 33.1 Å². The van der Waals surface area contributed by atoms with E-state index in [0.717, 1.165) is 56.1 Å². The van der Waals surface area contributed by atoms with Crippen LogP contribution in [0.1, 0.15) is 30.3 Å². The molecule has 3 aromatic rings. The third kappa shape index (κ3) is 4.07. The summed E-state index contributed by atoms with van der Waals surface area (Å²) >= 11 is 1.78. The number of carbonyl (C=O) groups excluding carboxylic acids is 1. The zero-order valence-corrected chi connectivity index (χ0v) is 18.1. The van der Waals surface area contributed by atoms with E-state index in [1.54, 1.807) is 11.3 Å². The Balaban J connectivity index is 1.23. The van der Waals surface area contributed by atoms with Crippen molar-refractivity contribution in [2.45, 2.75) is 25.3 Å². The van der Waals surface area contributed by atoms with Crippen molar-refractivity contribution < 1.29 is 4.79 Å². The number of likely N-dealkylation sites (tertiary alicyclic amines) is 1. The largest absolute Gasteiger partial charge is 0.368 e. The Morgan fingerprint density at radius 2 is 1.70 bits per heavy atom. The van der Waals surface area contributed by atoms with Crippen molar-refractivity contribution in [3.05, 3.63) is 59.6 Å². The van der Waals surface area contributed by atoms with E-state index >= 15 is 0 Å². The maximum atomic E-state index is 13.1. The first kappa shape index (κ1) is 19.5. The Morgan fingerprint density at radius 3 is 2.50 bits per heavy atom. The van der Waals surface area contributed by atoms with Gasteiger partial charge >= 0.3 is 0 Å². The summed E-state index contributed by atoms with van der Waals surface area (Å²) in [6, 6.07) is 19.1. The lowest BCUT2D eigenvalue weighted by Crippen LogP contribution is -2.52. The van der Waals surface area contributed by atoms with E-state index in [9.17, 15) is 4.79 Å². The fourth-order valence-corrected chi connectivity index (χ4v) is 5.76. The van der Waals surface area contributed by atoms with Gasteiger partial charge in [-0.3, -0.25) is 9.69 Å². The molecule has 5 rings (SSSR count). The van der Waals surface area contributed by atoms with E-state index in [1.165, 1.54) is 16.8 Å². The molecular weight excluding hydrogens is 392 g/mol. The maximum absolute atomic E-state index is 13.1. The van der Waals surface area contributed by atoms with E-state index in [-0.39, 0.29) is 11.9 Å². The highest BCUT2D eigenvalue weighted by Crippen LogP contribution is 2.35. The second kappa shape index (κ2) is 8.74. The van der Waals surface area contributed by atoms with Crippen LogP contribution in [-0.2, 0) is 4.79 Å². The smallest absolute Gasteiger partial charge is 0.236 e. The molecule has 0 bridgehead atoms. The predicted octanol–water partition coefficient (Wildman–Crippen LogP) is 4.17. The van der Waals surface area contributed by atoms with Crippen LogP contribution in [0.2, 0.25) is 0 Å². The summed E-state index contributed by atoms with van der Waals surface area (Å²) in [5, 5.41) is 1.16. The highest BCUT2D eigenvalue weighted by Gasteiger charge is 2.30. The number of carbonyl (C=O) groups is 1. The van der Waals surface area contributed by atoms with Crippen molar-refractivity contribution in [3.63, 3.8) is 0 Å². The molecule has 2 aliphatic heterocycles. The van der Waals surface area contributed by atoms with E-state index in [4.69, 9.17) is 4.98 Å². The Bertz CT molecular complexity index is 964. The number of para-hydroxylation sites is 2. The van der Waals surface area contributed by atoms with Crippen LogP contribution < -0.4 is 4.90 Å². The average Bonchev–Trinajstić information content (AvgIpc) is 3.24. The first-order chi connectivity index (χ1) is 14.8. The summed E-state index contributed by atoms with van der Waals surface area (Å²) in [5.74, 6) is 0.260. The molecule has 2 aromatic carbocycles. The van der Waals surface area contributed by atoms with Gasteiger partial charge in [0.1, 0.15) is 5.01 Å². The van der Waals surface area contributed by atoms with Crippen LogP contribution >= 0.6 is 11.3 Å². The average molecular weight is 421 g/mol. The number of amides is 1. The second-order valence-electron chi connectivity index (χ2n) is 8.21. The third-order valence-electron chi connectivity index (χ3n) is 6.30. The number of anilines is 1. The molecule has 2 fully saturated rings. The number of aromatic nitrogens is 1. The lowest BCUT2D eigenvalue weighted by Gasteiger charge is -2.39. The molecule has 0 spiro atoms. The van der Waals surface area contributed by atoms with Gasteiger partial charge in [0, 0.05) is 31.9 Å². The summed E-state index contributed by atoms with van der Waals surface area (Å²) in [6.07, 6.45) is 3.46.